The molecule has 0 aromatic carbocycles. The van der Waals surface area contributed by atoms with Gasteiger partial charge in [-0.2, -0.15) is 0 Å². The van der Waals surface area contributed by atoms with E-state index >= 15 is 0 Å². The topological polar surface area (TPSA) is 60.5 Å². The molecule has 3 fully saturated rings. The van der Waals surface area contributed by atoms with E-state index in [4.69, 9.17) is 18.9 Å². The van der Waals surface area contributed by atoms with Crippen LogP contribution >= 0.6 is 0 Å². The minimum atomic E-state index is -0.0440. The zero-order chi connectivity index (χ0) is 19.2. The average molecular weight is 385 g/mol. The summed E-state index contributed by atoms with van der Waals surface area (Å²) in [6, 6.07) is 0. The van der Waals surface area contributed by atoms with Crippen molar-refractivity contribution in [3.8, 4) is 0 Å². The van der Waals surface area contributed by atoms with Gasteiger partial charge in [0.1, 0.15) is 0 Å². The molecular weight excluding hydrogens is 348 g/mol. The van der Waals surface area contributed by atoms with Crippen molar-refractivity contribution < 1.29 is 23.7 Å². The highest BCUT2D eigenvalue weighted by Crippen LogP contribution is 2.31. The maximum atomic E-state index is 12.0. The summed E-state index contributed by atoms with van der Waals surface area (Å²) in [6.45, 7) is 6.14. The lowest BCUT2D eigenvalue weighted by atomic mass is 9.87. The second-order valence-corrected chi connectivity index (χ2v) is 7.93. The van der Waals surface area contributed by atoms with E-state index in [1.807, 2.05) is 6.92 Å². The summed E-state index contributed by atoms with van der Waals surface area (Å²) < 4.78 is 23.0. The fraction of sp³-hybridized carbons (Fsp3) is 0.950. The zero-order valence-corrected chi connectivity index (χ0v) is 17.1. The predicted octanol–water partition coefficient (Wildman–Crippen LogP) is 1.85. The van der Waals surface area contributed by atoms with E-state index in [0.717, 1.165) is 51.9 Å². The van der Waals surface area contributed by atoms with E-state index in [9.17, 15) is 4.79 Å². The molecule has 1 unspecified atom stereocenters. The van der Waals surface area contributed by atoms with Crippen LogP contribution < -0.4 is 0 Å². The third kappa shape index (κ3) is 5.21. The second-order valence-electron chi connectivity index (χ2n) is 7.93. The predicted molar refractivity (Wildman–Crippen MR) is 101 cm³/mol. The summed E-state index contributed by atoms with van der Waals surface area (Å²) >= 11 is 0. The summed E-state index contributed by atoms with van der Waals surface area (Å²) in [6.07, 6.45) is 6.36. The first-order valence-electron chi connectivity index (χ1n) is 10.5. The molecule has 0 amide bonds. The van der Waals surface area contributed by atoms with Gasteiger partial charge in [0.25, 0.3) is 0 Å². The van der Waals surface area contributed by atoms with Crippen LogP contribution in [0.1, 0.15) is 45.4 Å². The monoisotopic (exact) mass is 384 g/mol. The van der Waals surface area contributed by atoms with E-state index < -0.39 is 0 Å². The van der Waals surface area contributed by atoms with Gasteiger partial charge in [-0.3, -0.25) is 14.6 Å². The molecule has 1 aliphatic carbocycles. The molecule has 0 aromatic rings. The molecule has 2 aliphatic heterocycles. The molecule has 3 aliphatic rings. The molecule has 3 rings (SSSR count). The van der Waals surface area contributed by atoms with Gasteiger partial charge in [0.2, 0.25) is 0 Å². The first kappa shape index (κ1) is 21.0. The van der Waals surface area contributed by atoms with Gasteiger partial charge in [0.15, 0.2) is 6.35 Å². The third-order valence-electron chi connectivity index (χ3n) is 6.22. The molecule has 0 bridgehead atoms. The van der Waals surface area contributed by atoms with Crippen LogP contribution in [0.25, 0.3) is 0 Å². The van der Waals surface area contributed by atoms with Gasteiger partial charge < -0.3 is 18.9 Å². The van der Waals surface area contributed by atoms with Gasteiger partial charge in [-0.25, -0.2) is 0 Å². The van der Waals surface area contributed by atoms with Crippen LogP contribution in [0.3, 0.4) is 0 Å². The van der Waals surface area contributed by atoms with Gasteiger partial charge in [-0.05, 0) is 45.4 Å². The van der Waals surface area contributed by atoms with Gasteiger partial charge in [-0.15, -0.1) is 0 Å². The Hall–Kier alpha value is -0.730. The number of ether oxygens (including phenoxy) is 4. The van der Waals surface area contributed by atoms with Crippen molar-refractivity contribution in [3.63, 3.8) is 0 Å². The molecule has 3 atom stereocenters. The van der Waals surface area contributed by atoms with Gasteiger partial charge in [0.05, 0.1) is 30.8 Å². The largest absolute Gasteiger partial charge is 0.466 e. The Labute approximate surface area is 163 Å². The van der Waals surface area contributed by atoms with Crippen LogP contribution in [0.4, 0.5) is 0 Å². The fourth-order valence-electron chi connectivity index (χ4n) is 4.64. The normalized spacial score (nSPS) is 34.0. The SMILES string of the molecule is CCOC(=O)C1CCC(OC(N2CCCC2)N2C[C@H](OC)[C@@H](OC)C2)CC1. The Morgan fingerprint density at radius 1 is 0.963 bits per heavy atom. The van der Waals surface area contributed by atoms with Crippen molar-refractivity contribution >= 4 is 5.97 Å². The number of carbonyl (C=O) groups is 1. The van der Waals surface area contributed by atoms with Crippen LogP contribution in [-0.4, -0.2) is 87.4 Å². The van der Waals surface area contributed by atoms with Crippen LogP contribution in [0, 0.1) is 5.92 Å². The molecule has 156 valence electrons. The van der Waals surface area contributed by atoms with Crippen molar-refractivity contribution in [2.75, 3.05) is 47.0 Å². The Balaban J connectivity index is 1.58. The highest BCUT2D eigenvalue weighted by Gasteiger charge is 2.41. The van der Waals surface area contributed by atoms with Gasteiger partial charge in [0, 0.05) is 40.4 Å². The van der Waals surface area contributed by atoms with Crippen molar-refractivity contribution in [3.05, 3.63) is 0 Å². The molecule has 0 radical (unpaired) electrons. The number of carbonyl (C=O) groups excluding carboxylic acids is 1. The Bertz CT molecular complexity index is 451. The second kappa shape index (κ2) is 10.2. The van der Waals surface area contributed by atoms with Crippen molar-refractivity contribution in [2.24, 2.45) is 5.92 Å². The van der Waals surface area contributed by atoms with Gasteiger partial charge in [-0.1, -0.05) is 0 Å². The maximum Gasteiger partial charge on any atom is 0.308 e. The number of hydrogen-bond acceptors (Lipinski definition) is 7. The van der Waals surface area contributed by atoms with Crippen LogP contribution in [-0.2, 0) is 23.7 Å². The van der Waals surface area contributed by atoms with E-state index in [1.54, 1.807) is 14.2 Å². The number of esters is 1. The zero-order valence-electron chi connectivity index (χ0n) is 17.1. The number of rotatable bonds is 8. The number of nitrogens with zero attached hydrogens (tertiary/aromatic N) is 2. The molecule has 27 heavy (non-hydrogen) atoms. The molecular formula is C20H36N2O5. The lowest BCUT2D eigenvalue weighted by Crippen LogP contribution is -2.50. The first-order valence-corrected chi connectivity index (χ1v) is 10.5. The molecule has 7 heteroatoms. The Morgan fingerprint density at radius 2 is 1.56 bits per heavy atom. The standard InChI is InChI=1S/C20H36N2O5/c1-4-26-19(23)15-7-9-16(10-8-15)27-20(21-11-5-6-12-21)22-13-17(24-2)18(14-22)25-3/h15-18,20H,4-14H2,1-3H3/t15?,16?,17-,18-,20?/m0/s1. The third-order valence-corrected chi connectivity index (χ3v) is 6.22. The highest BCUT2D eigenvalue weighted by molar-refractivity contribution is 5.72. The minimum Gasteiger partial charge on any atom is -0.466 e. The summed E-state index contributed by atoms with van der Waals surface area (Å²) in [5, 5.41) is 0. The number of likely N-dealkylation sites (tertiary alicyclic amines) is 2. The molecule has 0 aromatic heterocycles. The van der Waals surface area contributed by atoms with Crippen LogP contribution in [0.2, 0.25) is 0 Å². The van der Waals surface area contributed by atoms with E-state index in [2.05, 4.69) is 9.80 Å². The quantitative estimate of drug-likeness (QED) is 0.592. The molecule has 1 saturated carbocycles. The lowest BCUT2D eigenvalue weighted by Gasteiger charge is -2.39. The molecule has 7 nitrogen and oxygen atoms in total. The van der Waals surface area contributed by atoms with Crippen LogP contribution in [0.5, 0.6) is 0 Å². The minimum absolute atomic E-state index is 0.0190. The molecule has 2 saturated heterocycles. The van der Waals surface area contributed by atoms with Crippen molar-refractivity contribution in [1.82, 2.24) is 9.80 Å². The fourth-order valence-corrected chi connectivity index (χ4v) is 4.64. The number of hydrogen-bond donors (Lipinski definition) is 0. The highest BCUT2D eigenvalue weighted by atomic mass is 16.5. The van der Waals surface area contributed by atoms with Crippen molar-refractivity contribution in [1.29, 1.82) is 0 Å². The summed E-state index contributed by atoms with van der Waals surface area (Å²) in [5.74, 6) is -0.00461. The summed E-state index contributed by atoms with van der Waals surface area (Å²) in [7, 11) is 3.51. The first-order chi connectivity index (χ1) is 13.2. The van der Waals surface area contributed by atoms with Crippen LogP contribution in [0.15, 0.2) is 0 Å². The van der Waals surface area contributed by atoms with E-state index in [-0.39, 0.29) is 36.6 Å². The Kier molecular flexibility index (Phi) is 7.90. The van der Waals surface area contributed by atoms with E-state index in [1.165, 1.54) is 12.8 Å². The van der Waals surface area contributed by atoms with Crippen molar-refractivity contribution in [2.45, 2.75) is 70.1 Å². The maximum absolute atomic E-state index is 12.0. The molecule has 0 N–H and O–H groups in total. The average Bonchev–Trinajstić information content (AvgIpc) is 3.36. The lowest BCUT2D eigenvalue weighted by molar-refractivity contribution is -0.182. The van der Waals surface area contributed by atoms with Gasteiger partial charge >= 0.3 is 5.97 Å². The summed E-state index contributed by atoms with van der Waals surface area (Å²) in [4.78, 5) is 16.8. The van der Waals surface area contributed by atoms with E-state index in [0.29, 0.717) is 6.61 Å². The molecule has 2 heterocycles. The summed E-state index contributed by atoms with van der Waals surface area (Å²) in [5.41, 5.74) is 0. The Morgan fingerprint density at radius 3 is 2.07 bits per heavy atom. The smallest absolute Gasteiger partial charge is 0.308 e. The number of methoxy groups -OCH3 is 2. The molecule has 0 spiro atoms.